The third-order valence-corrected chi connectivity index (χ3v) is 0.101. The SMILES string of the molecule is CC#N.NOC(=O)O. The Morgan fingerprint density at radius 3 is 2.12 bits per heavy atom. The summed E-state index contributed by atoms with van der Waals surface area (Å²) in [4.78, 5) is 12.2. The molecule has 0 unspecified atom stereocenters. The van der Waals surface area contributed by atoms with E-state index in [0.29, 0.717) is 0 Å². The molecular weight excluding hydrogens is 112 g/mol. The van der Waals surface area contributed by atoms with E-state index < -0.39 is 6.16 Å². The van der Waals surface area contributed by atoms with Crippen molar-refractivity contribution in [1.82, 2.24) is 0 Å². The van der Waals surface area contributed by atoms with E-state index >= 15 is 0 Å². The van der Waals surface area contributed by atoms with E-state index in [1.165, 1.54) is 6.92 Å². The van der Waals surface area contributed by atoms with Crippen LogP contribution in [-0.4, -0.2) is 11.3 Å². The quantitative estimate of drug-likeness (QED) is 0.439. The summed E-state index contributed by atoms with van der Waals surface area (Å²) in [6, 6.07) is 1.75. The van der Waals surface area contributed by atoms with E-state index in [1.807, 2.05) is 0 Å². The second-order valence-corrected chi connectivity index (χ2v) is 0.607. The van der Waals surface area contributed by atoms with Gasteiger partial charge in [-0.3, -0.25) is 0 Å². The van der Waals surface area contributed by atoms with Crippen molar-refractivity contribution in [3.8, 4) is 6.07 Å². The van der Waals surface area contributed by atoms with E-state index in [1.54, 1.807) is 6.07 Å². The molecule has 0 aromatic rings. The second kappa shape index (κ2) is 9.21. The molecule has 46 valence electrons. The summed E-state index contributed by atoms with van der Waals surface area (Å²) in [5.41, 5.74) is 0. The smallest absolute Gasteiger partial charge is 0.448 e. The molecule has 0 saturated heterocycles. The standard InChI is InChI=1S/C2H3N.CH3NO3/c1-2-3;2-5-1(3)4/h1H3;2H2,(H,3,4). The zero-order valence-corrected chi connectivity index (χ0v) is 4.29. The van der Waals surface area contributed by atoms with Gasteiger partial charge in [0.15, 0.2) is 0 Å². The van der Waals surface area contributed by atoms with Crippen molar-refractivity contribution in [3.05, 3.63) is 0 Å². The van der Waals surface area contributed by atoms with Crippen LogP contribution in [0, 0.1) is 11.3 Å². The average molecular weight is 118 g/mol. The summed E-state index contributed by atoms with van der Waals surface area (Å²) in [7, 11) is 0. The lowest BCUT2D eigenvalue weighted by Crippen LogP contribution is -2.04. The topological polar surface area (TPSA) is 96.3 Å². The highest BCUT2D eigenvalue weighted by atomic mass is 16.7. The van der Waals surface area contributed by atoms with E-state index in [9.17, 15) is 0 Å². The van der Waals surface area contributed by atoms with Crippen molar-refractivity contribution in [2.24, 2.45) is 5.90 Å². The summed E-state index contributed by atoms with van der Waals surface area (Å²) in [5.74, 6) is 4.07. The van der Waals surface area contributed by atoms with Gasteiger partial charge in [-0.2, -0.15) is 11.2 Å². The van der Waals surface area contributed by atoms with E-state index in [4.69, 9.17) is 15.2 Å². The van der Waals surface area contributed by atoms with E-state index in [0.717, 1.165) is 0 Å². The predicted octanol–water partition coefficient (Wildman–Crippen LogP) is 0.0846. The molecule has 0 aromatic heterocycles. The molecular formula is C3H6N2O3. The minimum absolute atomic E-state index is 1.43. The fourth-order valence-electron chi connectivity index (χ4n) is 0. The van der Waals surface area contributed by atoms with Crippen molar-refractivity contribution in [1.29, 1.82) is 5.26 Å². The third-order valence-electron chi connectivity index (χ3n) is 0.101. The first-order valence-electron chi connectivity index (χ1n) is 1.59. The Morgan fingerprint density at radius 1 is 2.00 bits per heavy atom. The molecule has 0 radical (unpaired) electrons. The second-order valence-electron chi connectivity index (χ2n) is 0.607. The highest BCUT2D eigenvalue weighted by Gasteiger charge is 1.82. The van der Waals surface area contributed by atoms with Crippen LogP contribution >= 0.6 is 0 Å². The highest BCUT2D eigenvalue weighted by Crippen LogP contribution is 1.55. The first-order valence-corrected chi connectivity index (χ1v) is 1.59. The Morgan fingerprint density at radius 2 is 2.12 bits per heavy atom. The maximum atomic E-state index is 9.02. The van der Waals surface area contributed by atoms with Crippen LogP contribution in [0.15, 0.2) is 0 Å². The van der Waals surface area contributed by atoms with E-state index in [-0.39, 0.29) is 0 Å². The zero-order chi connectivity index (χ0) is 6.99. The molecule has 0 rings (SSSR count). The van der Waals surface area contributed by atoms with Crippen LogP contribution in [0.2, 0.25) is 0 Å². The molecule has 0 heterocycles. The Kier molecular flexibility index (Phi) is 11.4. The van der Waals surface area contributed by atoms with E-state index in [2.05, 4.69) is 10.7 Å². The molecule has 0 spiro atoms. The highest BCUT2D eigenvalue weighted by molar-refractivity contribution is 5.56. The Bertz CT molecular complexity index is 95.2. The van der Waals surface area contributed by atoms with Gasteiger partial charge in [0.1, 0.15) is 0 Å². The summed E-state index contributed by atoms with van der Waals surface area (Å²) in [5, 5.41) is 14.7. The summed E-state index contributed by atoms with van der Waals surface area (Å²) in [6.45, 7) is 1.43. The molecule has 3 N–H and O–H groups in total. The zero-order valence-electron chi connectivity index (χ0n) is 4.29. The van der Waals surface area contributed by atoms with Crippen molar-refractivity contribution in [2.75, 3.05) is 0 Å². The van der Waals surface area contributed by atoms with Crippen LogP contribution in [0.25, 0.3) is 0 Å². The average Bonchev–Trinajstić information content (AvgIpc) is 1.69. The molecule has 0 aliphatic carbocycles. The number of carbonyl (C=O) groups is 1. The lowest BCUT2D eigenvalue weighted by Gasteiger charge is -1.77. The molecule has 5 heteroatoms. The minimum atomic E-state index is -1.47. The van der Waals surface area contributed by atoms with Crippen molar-refractivity contribution >= 4 is 6.16 Å². The molecule has 0 fully saturated rings. The molecule has 0 atom stereocenters. The fraction of sp³-hybridized carbons (Fsp3) is 0.333. The van der Waals surface area contributed by atoms with Gasteiger partial charge in [0.25, 0.3) is 0 Å². The molecule has 0 aliphatic heterocycles. The molecule has 0 aromatic carbocycles. The first-order chi connectivity index (χ1) is 3.68. The van der Waals surface area contributed by atoms with Crippen LogP contribution in [0.4, 0.5) is 4.79 Å². The van der Waals surface area contributed by atoms with Crippen molar-refractivity contribution < 1.29 is 14.7 Å². The van der Waals surface area contributed by atoms with Gasteiger partial charge in [-0.15, -0.1) is 0 Å². The van der Waals surface area contributed by atoms with Crippen LogP contribution in [0.1, 0.15) is 6.92 Å². The number of nitriles is 1. The normalized spacial score (nSPS) is 5.12. The largest absolute Gasteiger partial charge is 0.524 e. The number of carboxylic acid groups (broad SMARTS) is 1. The van der Waals surface area contributed by atoms with Gasteiger partial charge in [0.2, 0.25) is 0 Å². The van der Waals surface area contributed by atoms with Crippen LogP contribution < -0.4 is 5.90 Å². The Balaban J connectivity index is 0. The third kappa shape index (κ3) is 126. The number of rotatable bonds is 0. The van der Waals surface area contributed by atoms with Gasteiger partial charge >= 0.3 is 6.16 Å². The van der Waals surface area contributed by atoms with Gasteiger partial charge in [-0.25, -0.2) is 4.79 Å². The lowest BCUT2D eigenvalue weighted by molar-refractivity contribution is 0.0921. The number of hydrogen-bond acceptors (Lipinski definition) is 4. The lowest BCUT2D eigenvalue weighted by atomic mass is 11.0. The summed E-state index contributed by atoms with van der Waals surface area (Å²) < 4.78 is 0. The maximum absolute atomic E-state index is 9.02. The van der Waals surface area contributed by atoms with Gasteiger partial charge < -0.3 is 9.94 Å². The molecule has 0 aliphatic rings. The maximum Gasteiger partial charge on any atom is 0.524 e. The van der Waals surface area contributed by atoms with Gasteiger partial charge in [-0.05, 0) is 0 Å². The predicted molar refractivity (Wildman–Crippen MR) is 24.6 cm³/mol. The number of nitrogens with zero attached hydrogens (tertiary/aromatic N) is 1. The van der Waals surface area contributed by atoms with Crippen molar-refractivity contribution in [2.45, 2.75) is 6.92 Å². The molecule has 0 bridgehead atoms. The molecule has 5 nitrogen and oxygen atoms in total. The monoisotopic (exact) mass is 118 g/mol. The van der Waals surface area contributed by atoms with Gasteiger partial charge in [0.05, 0.1) is 6.07 Å². The van der Waals surface area contributed by atoms with Crippen LogP contribution in [0.3, 0.4) is 0 Å². The van der Waals surface area contributed by atoms with Crippen LogP contribution in [0.5, 0.6) is 0 Å². The van der Waals surface area contributed by atoms with Gasteiger partial charge in [-0.1, -0.05) is 0 Å². The minimum Gasteiger partial charge on any atom is -0.448 e. The number of nitrogens with two attached hydrogens (primary N) is 1. The molecule has 0 saturated carbocycles. The summed E-state index contributed by atoms with van der Waals surface area (Å²) >= 11 is 0. The van der Waals surface area contributed by atoms with Gasteiger partial charge in [0, 0.05) is 6.92 Å². The Hall–Kier alpha value is -1.28. The fourth-order valence-corrected chi connectivity index (χ4v) is 0. The molecule has 8 heavy (non-hydrogen) atoms. The van der Waals surface area contributed by atoms with Crippen molar-refractivity contribution in [3.63, 3.8) is 0 Å². The first kappa shape index (κ1) is 9.87. The number of hydrogen-bond donors (Lipinski definition) is 2. The Labute approximate surface area is 46.2 Å². The van der Waals surface area contributed by atoms with Crippen LogP contribution in [-0.2, 0) is 4.84 Å². The summed E-state index contributed by atoms with van der Waals surface area (Å²) in [6.07, 6.45) is -1.47. The molecule has 0 amide bonds.